The van der Waals surface area contributed by atoms with Crippen LogP contribution >= 0.6 is 0 Å². The molecule has 0 atom stereocenters. The Morgan fingerprint density at radius 2 is 1.82 bits per heavy atom. The molecule has 0 bridgehead atoms. The number of hydrogen-bond acceptors (Lipinski definition) is 6. The van der Waals surface area contributed by atoms with Gasteiger partial charge in [0.2, 0.25) is 0 Å². The van der Waals surface area contributed by atoms with E-state index in [-0.39, 0.29) is 11.5 Å². The van der Waals surface area contributed by atoms with Gasteiger partial charge in [-0.2, -0.15) is 0 Å². The standard InChI is InChI=1S/C30H43N7O2/c1-29(2,3)22-35-14-9-30(10-15-35)23-37(17-18-39-30)28(38)25-7-5-24(6-8-25)19-36(20-26-31-11-12-32-26)21-27-33-13-16-34(27)4/h5-8,11-13,16H,9-10,14-15,17-23H2,1-4H3,(H,31,32). The number of H-pyrrole nitrogens is 1. The number of rotatable bonds is 8. The lowest BCUT2D eigenvalue weighted by atomic mass is 9.87. The number of benzene rings is 1. The molecule has 9 nitrogen and oxygen atoms in total. The number of morpholine rings is 1. The minimum absolute atomic E-state index is 0.0989. The molecule has 0 radical (unpaired) electrons. The van der Waals surface area contributed by atoms with E-state index in [1.165, 1.54) is 0 Å². The van der Waals surface area contributed by atoms with E-state index in [2.05, 4.69) is 57.7 Å². The van der Waals surface area contributed by atoms with Crippen LogP contribution in [0, 0.1) is 5.41 Å². The molecule has 2 aromatic heterocycles. The van der Waals surface area contributed by atoms with E-state index in [9.17, 15) is 4.79 Å². The van der Waals surface area contributed by atoms with Gasteiger partial charge in [-0.25, -0.2) is 9.97 Å². The van der Waals surface area contributed by atoms with Crippen LogP contribution in [0.2, 0.25) is 0 Å². The van der Waals surface area contributed by atoms with Crippen molar-refractivity contribution < 1.29 is 9.53 Å². The lowest BCUT2D eigenvalue weighted by Crippen LogP contribution is -2.58. The lowest BCUT2D eigenvalue weighted by molar-refractivity contribution is -0.128. The van der Waals surface area contributed by atoms with E-state index in [1.54, 1.807) is 6.20 Å². The molecular weight excluding hydrogens is 490 g/mol. The fourth-order valence-corrected chi connectivity index (χ4v) is 5.82. The molecule has 1 aromatic carbocycles. The molecule has 2 saturated heterocycles. The average molecular weight is 534 g/mol. The SMILES string of the molecule is Cn1ccnc1CN(Cc1ccc(C(=O)N2CCOC3(CCN(CC(C)(C)C)CC3)C2)cc1)Cc1ncc[nH]1. The predicted molar refractivity (Wildman–Crippen MR) is 151 cm³/mol. The van der Waals surface area contributed by atoms with Gasteiger partial charge in [0, 0.05) is 70.1 Å². The molecule has 2 aliphatic heterocycles. The van der Waals surface area contributed by atoms with Gasteiger partial charge in [-0.3, -0.25) is 9.69 Å². The maximum Gasteiger partial charge on any atom is 0.254 e. The van der Waals surface area contributed by atoms with Gasteiger partial charge < -0.3 is 24.1 Å². The monoisotopic (exact) mass is 533 g/mol. The number of amides is 1. The van der Waals surface area contributed by atoms with Crippen LogP contribution in [0.25, 0.3) is 0 Å². The van der Waals surface area contributed by atoms with Crippen molar-refractivity contribution in [2.75, 3.05) is 39.3 Å². The highest BCUT2D eigenvalue weighted by atomic mass is 16.5. The molecule has 2 fully saturated rings. The van der Waals surface area contributed by atoms with Gasteiger partial charge in [-0.15, -0.1) is 0 Å². The molecule has 3 aromatic rings. The van der Waals surface area contributed by atoms with Gasteiger partial charge in [-0.05, 0) is 36.0 Å². The van der Waals surface area contributed by atoms with Gasteiger partial charge in [0.1, 0.15) is 11.6 Å². The third-order valence-electron chi connectivity index (χ3n) is 7.82. The summed E-state index contributed by atoms with van der Waals surface area (Å²) in [4.78, 5) is 32.4. The fourth-order valence-electron chi connectivity index (χ4n) is 5.82. The van der Waals surface area contributed by atoms with Crippen molar-refractivity contribution in [1.29, 1.82) is 0 Å². The van der Waals surface area contributed by atoms with Crippen LogP contribution in [-0.4, -0.2) is 85.1 Å². The summed E-state index contributed by atoms with van der Waals surface area (Å²) in [5, 5.41) is 0. The summed E-state index contributed by atoms with van der Waals surface area (Å²) in [6.45, 7) is 14.1. The molecule has 0 saturated carbocycles. The van der Waals surface area contributed by atoms with Gasteiger partial charge in [0.05, 0.1) is 31.8 Å². The highest BCUT2D eigenvalue weighted by Crippen LogP contribution is 2.32. The molecule has 1 spiro atoms. The maximum atomic E-state index is 13.5. The largest absolute Gasteiger partial charge is 0.371 e. The van der Waals surface area contributed by atoms with Gasteiger partial charge in [0.25, 0.3) is 5.91 Å². The first-order valence-corrected chi connectivity index (χ1v) is 14.1. The van der Waals surface area contributed by atoms with Crippen molar-refractivity contribution in [2.45, 2.75) is 58.8 Å². The number of likely N-dealkylation sites (tertiary alicyclic amines) is 1. The van der Waals surface area contributed by atoms with Crippen molar-refractivity contribution in [3.63, 3.8) is 0 Å². The molecule has 4 heterocycles. The summed E-state index contributed by atoms with van der Waals surface area (Å²) >= 11 is 0. The van der Waals surface area contributed by atoms with Crippen LogP contribution in [0.4, 0.5) is 0 Å². The first-order valence-electron chi connectivity index (χ1n) is 14.1. The summed E-state index contributed by atoms with van der Waals surface area (Å²) in [6.07, 6.45) is 9.37. The second-order valence-electron chi connectivity index (χ2n) is 12.4. The number of carbonyl (C=O) groups excluding carboxylic acids is 1. The Bertz CT molecular complexity index is 1200. The highest BCUT2D eigenvalue weighted by Gasteiger charge is 2.41. The van der Waals surface area contributed by atoms with E-state index in [0.717, 1.165) is 61.8 Å². The maximum absolute atomic E-state index is 13.5. The van der Waals surface area contributed by atoms with E-state index in [1.807, 2.05) is 47.2 Å². The number of aromatic amines is 1. The van der Waals surface area contributed by atoms with E-state index >= 15 is 0 Å². The number of piperidine rings is 1. The van der Waals surface area contributed by atoms with Crippen LogP contribution in [0.15, 0.2) is 49.1 Å². The molecule has 1 N–H and O–H groups in total. The summed E-state index contributed by atoms with van der Waals surface area (Å²) < 4.78 is 8.36. The Labute approximate surface area is 232 Å². The summed E-state index contributed by atoms with van der Waals surface area (Å²) in [7, 11) is 2.01. The van der Waals surface area contributed by atoms with Crippen LogP contribution < -0.4 is 0 Å². The predicted octanol–water partition coefficient (Wildman–Crippen LogP) is 3.70. The minimum Gasteiger partial charge on any atom is -0.371 e. The third-order valence-corrected chi connectivity index (χ3v) is 7.82. The summed E-state index contributed by atoms with van der Waals surface area (Å²) in [6, 6.07) is 8.08. The van der Waals surface area contributed by atoms with Crippen molar-refractivity contribution in [3.05, 3.63) is 71.8 Å². The molecule has 1 amide bonds. The number of nitrogens with one attached hydrogen (secondary N) is 1. The Kier molecular flexibility index (Phi) is 8.21. The first-order chi connectivity index (χ1) is 18.7. The van der Waals surface area contributed by atoms with E-state index in [0.29, 0.717) is 38.2 Å². The van der Waals surface area contributed by atoms with Crippen LogP contribution in [0.1, 0.15) is 61.2 Å². The number of nitrogens with zero attached hydrogens (tertiary/aromatic N) is 6. The molecule has 9 heteroatoms. The van der Waals surface area contributed by atoms with Crippen molar-refractivity contribution in [3.8, 4) is 0 Å². The lowest BCUT2D eigenvalue weighted by Gasteiger charge is -2.48. The second kappa shape index (κ2) is 11.6. The minimum atomic E-state index is -0.209. The number of aryl methyl sites for hydroxylation is 1. The van der Waals surface area contributed by atoms with Crippen LogP contribution in [0.3, 0.4) is 0 Å². The second-order valence-corrected chi connectivity index (χ2v) is 12.4. The molecule has 2 aliphatic rings. The van der Waals surface area contributed by atoms with Crippen molar-refractivity contribution in [2.24, 2.45) is 12.5 Å². The molecule has 5 rings (SSSR count). The molecule has 0 aliphatic carbocycles. The Balaban J connectivity index is 1.20. The normalized spacial score (nSPS) is 18.2. The third kappa shape index (κ3) is 7.15. The molecule has 39 heavy (non-hydrogen) atoms. The Hall–Kier alpha value is -3.01. The summed E-state index contributed by atoms with van der Waals surface area (Å²) in [5.41, 5.74) is 1.97. The Morgan fingerprint density at radius 1 is 1.05 bits per heavy atom. The van der Waals surface area contributed by atoms with Gasteiger partial charge >= 0.3 is 0 Å². The van der Waals surface area contributed by atoms with Crippen molar-refractivity contribution in [1.82, 2.24) is 34.2 Å². The summed E-state index contributed by atoms with van der Waals surface area (Å²) in [5.74, 6) is 2.02. The van der Waals surface area contributed by atoms with Crippen LogP contribution in [0.5, 0.6) is 0 Å². The number of carbonyl (C=O) groups is 1. The average Bonchev–Trinajstić information content (AvgIpc) is 3.57. The Morgan fingerprint density at radius 3 is 2.46 bits per heavy atom. The smallest absolute Gasteiger partial charge is 0.254 e. The molecule has 0 unspecified atom stereocenters. The van der Waals surface area contributed by atoms with Crippen molar-refractivity contribution >= 4 is 5.91 Å². The topological polar surface area (TPSA) is 82.5 Å². The zero-order valence-corrected chi connectivity index (χ0v) is 23.9. The zero-order chi connectivity index (χ0) is 27.5. The highest BCUT2D eigenvalue weighted by molar-refractivity contribution is 5.94. The number of aromatic nitrogens is 4. The first kappa shape index (κ1) is 27.6. The van der Waals surface area contributed by atoms with Crippen LogP contribution in [-0.2, 0) is 31.4 Å². The quantitative estimate of drug-likeness (QED) is 0.476. The van der Waals surface area contributed by atoms with E-state index in [4.69, 9.17) is 4.74 Å². The van der Waals surface area contributed by atoms with E-state index < -0.39 is 0 Å². The number of ether oxygens (including phenoxy) is 1. The number of imidazole rings is 2. The zero-order valence-electron chi connectivity index (χ0n) is 23.9. The fraction of sp³-hybridized carbons (Fsp3) is 0.567. The molecular formula is C30H43N7O2. The van der Waals surface area contributed by atoms with Gasteiger partial charge in [-0.1, -0.05) is 32.9 Å². The van der Waals surface area contributed by atoms with Gasteiger partial charge in [0.15, 0.2) is 0 Å². The molecule has 210 valence electrons. The number of hydrogen-bond donors (Lipinski definition) is 1.